The zero-order chi connectivity index (χ0) is 15.1. The highest BCUT2D eigenvalue weighted by molar-refractivity contribution is 6.31. The monoisotopic (exact) mass is 304 g/mol. The molecule has 2 aromatic carbocycles. The predicted octanol–water partition coefficient (Wildman–Crippen LogP) is 3.08. The number of hydrogen-bond acceptors (Lipinski definition) is 3. The minimum atomic E-state index is -0.211. The van der Waals surface area contributed by atoms with Crippen LogP contribution in [0.5, 0.6) is 5.75 Å². The lowest BCUT2D eigenvalue weighted by Gasteiger charge is -2.12. The van der Waals surface area contributed by atoms with Gasteiger partial charge in [-0.25, -0.2) is 0 Å². The number of anilines is 1. The van der Waals surface area contributed by atoms with Gasteiger partial charge in [-0.3, -0.25) is 4.79 Å². The number of carbonyl (C=O) groups is 1. The first-order valence-electron chi connectivity index (χ1n) is 6.60. The molecule has 0 spiro atoms. The Bertz CT molecular complexity index is 602. The van der Waals surface area contributed by atoms with E-state index in [1.54, 1.807) is 18.2 Å². The van der Waals surface area contributed by atoms with Crippen LogP contribution >= 0.6 is 11.6 Å². The van der Waals surface area contributed by atoms with Crippen molar-refractivity contribution in [3.8, 4) is 5.75 Å². The van der Waals surface area contributed by atoms with Gasteiger partial charge in [0.1, 0.15) is 5.75 Å². The molecule has 0 saturated carbocycles. The summed E-state index contributed by atoms with van der Waals surface area (Å²) in [6.07, 6.45) is 0. The van der Waals surface area contributed by atoms with Gasteiger partial charge >= 0.3 is 0 Å². The molecule has 0 heterocycles. The fourth-order valence-corrected chi connectivity index (χ4v) is 2.12. The zero-order valence-electron chi connectivity index (χ0n) is 11.7. The number of nitrogens with one attached hydrogen (secondary N) is 2. The summed E-state index contributed by atoms with van der Waals surface area (Å²) < 4.78 is 5.57. The molecule has 2 aromatic rings. The second-order valence-corrected chi connectivity index (χ2v) is 4.86. The van der Waals surface area contributed by atoms with Crippen molar-refractivity contribution < 1.29 is 9.53 Å². The number of ether oxygens (including phenoxy) is 1. The quantitative estimate of drug-likeness (QED) is 0.862. The molecule has 0 aliphatic carbocycles. The third-order valence-electron chi connectivity index (χ3n) is 2.85. The maximum absolute atomic E-state index is 11.9. The maximum Gasteiger partial charge on any atom is 0.262 e. The fraction of sp³-hybridized carbons (Fsp3) is 0.188. The summed E-state index contributed by atoms with van der Waals surface area (Å²) in [5, 5.41) is 6.41. The van der Waals surface area contributed by atoms with Crippen LogP contribution in [0.1, 0.15) is 5.56 Å². The van der Waals surface area contributed by atoms with Gasteiger partial charge in [-0.1, -0.05) is 35.9 Å². The van der Waals surface area contributed by atoms with Crippen molar-refractivity contribution in [3.63, 3.8) is 0 Å². The summed E-state index contributed by atoms with van der Waals surface area (Å²) in [7, 11) is 1.83. The number of halogens is 1. The molecule has 0 radical (unpaired) electrons. The Labute approximate surface area is 129 Å². The zero-order valence-corrected chi connectivity index (χ0v) is 12.5. The van der Waals surface area contributed by atoms with Gasteiger partial charge in [-0.2, -0.15) is 0 Å². The fourth-order valence-electron chi connectivity index (χ4n) is 1.88. The van der Waals surface area contributed by atoms with E-state index in [1.807, 2.05) is 37.4 Å². The van der Waals surface area contributed by atoms with Crippen LogP contribution < -0.4 is 15.4 Å². The third-order valence-corrected chi connectivity index (χ3v) is 3.20. The molecule has 110 valence electrons. The number of amides is 1. The summed E-state index contributed by atoms with van der Waals surface area (Å²) in [5.41, 5.74) is 1.59. The Morgan fingerprint density at radius 2 is 1.90 bits per heavy atom. The smallest absolute Gasteiger partial charge is 0.262 e. The van der Waals surface area contributed by atoms with Crippen molar-refractivity contribution in [1.82, 2.24) is 5.32 Å². The van der Waals surface area contributed by atoms with Crippen molar-refractivity contribution in [3.05, 3.63) is 59.1 Å². The van der Waals surface area contributed by atoms with Crippen LogP contribution in [0.4, 0.5) is 5.69 Å². The summed E-state index contributed by atoms with van der Waals surface area (Å²) in [6.45, 7) is 0.515. The van der Waals surface area contributed by atoms with Crippen LogP contribution in [-0.4, -0.2) is 19.6 Å². The Hall–Kier alpha value is -2.04. The third kappa shape index (κ3) is 4.48. The predicted molar refractivity (Wildman–Crippen MR) is 84.8 cm³/mol. The van der Waals surface area contributed by atoms with Crippen molar-refractivity contribution >= 4 is 23.2 Å². The second kappa shape index (κ2) is 7.67. The van der Waals surface area contributed by atoms with Crippen LogP contribution in [0.25, 0.3) is 0 Å². The summed E-state index contributed by atoms with van der Waals surface area (Å²) in [6, 6.07) is 14.7. The molecular formula is C16H17ClN2O2. The van der Waals surface area contributed by atoms with Crippen LogP contribution in [0.3, 0.4) is 0 Å². The van der Waals surface area contributed by atoms with Gasteiger partial charge in [0, 0.05) is 22.8 Å². The molecule has 1 amide bonds. The number of carbonyl (C=O) groups excluding carboxylic acids is 1. The molecule has 0 fully saturated rings. The molecule has 0 saturated heterocycles. The Balaban J connectivity index is 1.97. The first-order valence-corrected chi connectivity index (χ1v) is 6.98. The molecule has 0 bridgehead atoms. The SMILES string of the molecule is CNCc1c(Cl)cccc1OCC(=O)Nc1ccccc1. The van der Waals surface area contributed by atoms with Crippen LogP contribution in [0, 0.1) is 0 Å². The van der Waals surface area contributed by atoms with Crippen LogP contribution in [-0.2, 0) is 11.3 Å². The molecule has 0 aliphatic heterocycles. The van der Waals surface area contributed by atoms with E-state index in [9.17, 15) is 4.79 Å². The second-order valence-electron chi connectivity index (χ2n) is 4.45. The van der Waals surface area contributed by atoms with E-state index < -0.39 is 0 Å². The lowest BCUT2D eigenvalue weighted by molar-refractivity contribution is -0.118. The molecule has 0 aromatic heterocycles. The van der Waals surface area contributed by atoms with Crippen LogP contribution in [0.2, 0.25) is 5.02 Å². The minimum Gasteiger partial charge on any atom is -0.483 e. The average molecular weight is 305 g/mol. The Kier molecular flexibility index (Phi) is 5.60. The van der Waals surface area contributed by atoms with E-state index in [4.69, 9.17) is 16.3 Å². The van der Waals surface area contributed by atoms with Gasteiger partial charge in [-0.15, -0.1) is 0 Å². The van der Waals surface area contributed by atoms with Gasteiger partial charge < -0.3 is 15.4 Å². The van der Waals surface area contributed by atoms with E-state index in [2.05, 4.69) is 10.6 Å². The Morgan fingerprint density at radius 1 is 1.14 bits per heavy atom. The summed E-state index contributed by atoms with van der Waals surface area (Å²) >= 11 is 6.13. The topological polar surface area (TPSA) is 50.4 Å². The number of para-hydroxylation sites is 1. The normalized spacial score (nSPS) is 10.2. The van der Waals surface area contributed by atoms with Gasteiger partial charge in [0.25, 0.3) is 5.91 Å². The van der Waals surface area contributed by atoms with E-state index in [0.717, 1.165) is 11.3 Å². The molecular weight excluding hydrogens is 288 g/mol. The van der Waals surface area contributed by atoms with Crippen molar-refractivity contribution in [2.45, 2.75) is 6.54 Å². The largest absolute Gasteiger partial charge is 0.483 e. The van der Waals surface area contributed by atoms with Crippen molar-refractivity contribution in [2.24, 2.45) is 0 Å². The first kappa shape index (κ1) is 15.4. The Morgan fingerprint density at radius 3 is 2.62 bits per heavy atom. The number of hydrogen-bond donors (Lipinski definition) is 2. The highest BCUT2D eigenvalue weighted by Crippen LogP contribution is 2.26. The van der Waals surface area contributed by atoms with Gasteiger partial charge in [0.05, 0.1) is 0 Å². The molecule has 0 unspecified atom stereocenters. The number of benzene rings is 2. The van der Waals surface area contributed by atoms with E-state index in [0.29, 0.717) is 17.3 Å². The molecule has 0 atom stereocenters. The highest BCUT2D eigenvalue weighted by Gasteiger charge is 2.09. The van der Waals surface area contributed by atoms with Gasteiger partial charge in [-0.05, 0) is 31.3 Å². The van der Waals surface area contributed by atoms with Crippen molar-refractivity contribution in [1.29, 1.82) is 0 Å². The van der Waals surface area contributed by atoms with Crippen LogP contribution in [0.15, 0.2) is 48.5 Å². The molecule has 2 rings (SSSR count). The highest BCUT2D eigenvalue weighted by atomic mass is 35.5. The van der Waals surface area contributed by atoms with E-state index in [-0.39, 0.29) is 12.5 Å². The van der Waals surface area contributed by atoms with E-state index in [1.165, 1.54) is 0 Å². The lowest BCUT2D eigenvalue weighted by atomic mass is 10.2. The lowest BCUT2D eigenvalue weighted by Crippen LogP contribution is -2.21. The average Bonchev–Trinajstić information content (AvgIpc) is 2.49. The molecule has 21 heavy (non-hydrogen) atoms. The molecule has 4 nitrogen and oxygen atoms in total. The summed E-state index contributed by atoms with van der Waals surface area (Å²) in [5.74, 6) is 0.400. The molecule has 2 N–H and O–H groups in total. The standard InChI is InChI=1S/C16H17ClN2O2/c1-18-10-13-14(17)8-5-9-15(13)21-11-16(20)19-12-6-3-2-4-7-12/h2-9,18H,10-11H2,1H3,(H,19,20). The van der Waals surface area contributed by atoms with Gasteiger partial charge in [0.2, 0.25) is 0 Å². The van der Waals surface area contributed by atoms with E-state index >= 15 is 0 Å². The van der Waals surface area contributed by atoms with Gasteiger partial charge in [0.15, 0.2) is 6.61 Å². The number of rotatable bonds is 6. The molecule has 5 heteroatoms. The minimum absolute atomic E-state index is 0.0635. The van der Waals surface area contributed by atoms with Crippen molar-refractivity contribution in [2.75, 3.05) is 19.0 Å². The summed E-state index contributed by atoms with van der Waals surface area (Å²) in [4.78, 5) is 11.9. The maximum atomic E-state index is 11.9. The first-order chi connectivity index (χ1) is 10.2. The molecule has 0 aliphatic rings.